The SMILES string of the molecule is COC(=O)c1csc(NC(=O)[C@H](CC(C)C)N2C(=O)N[C@@H](c3ccccc3)C2=O)n1. The van der Waals surface area contributed by atoms with Crippen molar-refractivity contribution in [1.29, 1.82) is 0 Å². The second-order valence-corrected chi connectivity index (χ2v) is 8.02. The quantitative estimate of drug-likeness (QED) is 0.515. The molecule has 0 bridgehead atoms. The third kappa shape index (κ3) is 4.48. The van der Waals surface area contributed by atoms with Gasteiger partial charge in [0.1, 0.15) is 12.1 Å². The number of imide groups is 1. The summed E-state index contributed by atoms with van der Waals surface area (Å²) in [5, 5.41) is 6.90. The fourth-order valence-electron chi connectivity index (χ4n) is 3.15. The summed E-state index contributed by atoms with van der Waals surface area (Å²) in [5.74, 6) is -1.61. The van der Waals surface area contributed by atoms with Gasteiger partial charge < -0.3 is 15.4 Å². The third-order valence-electron chi connectivity index (χ3n) is 4.54. The summed E-state index contributed by atoms with van der Waals surface area (Å²) in [6.07, 6.45) is 0.280. The van der Waals surface area contributed by atoms with Crippen LogP contribution in [0.3, 0.4) is 0 Å². The molecule has 0 unspecified atom stereocenters. The summed E-state index contributed by atoms with van der Waals surface area (Å²) in [5.41, 5.74) is 0.710. The highest BCUT2D eigenvalue weighted by atomic mass is 32.1. The van der Waals surface area contributed by atoms with Gasteiger partial charge in [-0.15, -0.1) is 11.3 Å². The van der Waals surface area contributed by atoms with Gasteiger partial charge >= 0.3 is 12.0 Å². The number of ether oxygens (including phenoxy) is 1. The van der Waals surface area contributed by atoms with Gasteiger partial charge in [0.2, 0.25) is 5.91 Å². The molecule has 0 spiro atoms. The molecule has 158 valence electrons. The maximum absolute atomic E-state index is 13.0. The fraction of sp³-hybridized carbons (Fsp3) is 0.350. The van der Waals surface area contributed by atoms with Gasteiger partial charge in [-0.3, -0.25) is 9.59 Å². The van der Waals surface area contributed by atoms with Crippen molar-refractivity contribution in [3.05, 3.63) is 47.0 Å². The van der Waals surface area contributed by atoms with Crippen molar-refractivity contribution < 1.29 is 23.9 Å². The lowest BCUT2D eigenvalue weighted by molar-refractivity contribution is -0.134. The molecule has 1 aliphatic heterocycles. The summed E-state index contributed by atoms with van der Waals surface area (Å²) < 4.78 is 4.60. The topological polar surface area (TPSA) is 118 Å². The number of anilines is 1. The average Bonchev–Trinajstić information content (AvgIpc) is 3.30. The Morgan fingerprint density at radius 2 is 1.97 bits per heavy atom. The molecule has 4 amide bonds. The number of urea groups is 1. The number of nitrogens with zero attached hydrogens (tertiary/aromatic N) is 2. The highest BCUT2D eigenvalue weighted by Crippen LogP contribution is 2.27. The zero-order valence-corrected chi connectivity index (χ0v) is 17.6. The number of carbonyl (C=O) groups excluding carboxylic acids is 4. The number of benzene rings is 1. The highest BCUT2D eigenvalue weighted by Gasteiger charge is 2.45. The molecule has 2 atom stereocenters. The number of hydrogen-bond acceptors (Lipinski definition) is 7. The van der Waals surface area contributed by atoms with E-state index in [9.17, 15) is 19.2 Å². The Bertz CT molecular complexity index is 959. The monoisotopic (exact) mass is 430 g/mol. The van der Waals surface area contributed by atoms with Crippen molar-refractivity contribution in [1.82, 2.24) is 15.2 Å². The van der Waals surface area contributed by atoms with Crippen molar-refractivity contribution in [2.75, 3.05) is 12.4 Å². The van der Waals surface area contributed by atoms with Gasteiger partial charge in [-0.2, -0.15) is 0 Å². The van der Waals surface area contributed by atoms with E-state index in [0.29, 0.717) is 5.56 Å². The molecule has 0 radical (unpaired) electrons. The average molecular weight is 430 g/mol. The van der Waals surface area contributed by atoms with Crippen LogP contribution in [-0.4, -0.2) is 46.9 Å². The molecular formula is C20H22N4O5S. The van der Waals surface area contributed by atoms with Crippen molar-refractivity contribution in [3.63, 3.8) is 0 Å². The molecule has 2 aromatic rings. The summed E-state index contributed by atoms with van der Waals surface area (Å²) >= 11 is 1.05. The molecule has 1 aliphatic rings. The fourth-order valence-corrected chi connectivity index (χ4v) is 3.84. The van der Waals surface area contributed by atoms with Gasteiger partial charge in [0.25, 0.3) is 5.91 Å². The van der Waals surface area contributed by atoms with Gasteiger partial charge in [-0.05, 0) is 17.9 Å². The number of thiazole rings is 1. The van der Waals surface area contributed by atoms with Gasteiger partial charge in [-0.1, -0.05) is 44.2 Å². The van der Waals surface area contributed by atoms with Crippen molar-refractivity contribution >= 4 is 40.3 Å². The molecule has 30 heavy (non-hydrogen) atoms. The van der Waals surface area contributed by atoms with E-state index in [2.05, 4.69) is 20.4 Å². The first-order valence-electron chi connectivity index (χ1n) is 9.35. The minimum Gasteiger partial charge on any atom is -0.464 e. The molecule has 9 nitrogen and oxygen atoms in total. The molecule has 1 fully saturated rings. The number of nitrogens with one attached hydrogen (secondary N) is 2. The van der Waals surface area contributed by atoms with E-state index >= 15 is 0 Å². The number of aromatic nitrogens is 1. The van der Waals surface area contributed by atoms with Gasteiger partial charge in [0, 0.05) is 5.38 Å². The molecule has 1 aromatic carbocycles. The Morgan fingerprint density at radius 3 is 2.60 bits per heavy atom. The number of amides is 4. The van der Waals surface area contributed by atoms with Gasteiger partial charge in [0.15, 0.2) is 10.8 Å². The minimum absolute atomic E-state index is 0.0408. The number of hydrogen-bond donors (Lipinski definition) is 2. The number of rotatable bonds is 7. The molecule has 2 heterocycles. The number of esters is 1. The molecule has 1 aromatic heterocycles. The Labute approximate surface area is 177 Å². The smallest absolute Gasteiger partial charge is 0.357 e. The first-order valence-corrected chi connectivity index (χ1v) is 10.2. The van der Waals surface area contributed by atoms with Crippen molar-refractivity contribution in [2.24, 2.45) is 5.92 Å². The van der Waals surface area contributed by atoms with E-state index in [1.54, 1.807) is 24.3 Å². The van der Waals surface area contributed by atoms with Crippen LogP contribution in [0, 0.1) is 5.92 Å². The van der Waals surface area contributed by atoms with Crippen molar-refractivity contribution in [3.8, 4) is 0 Å². The van der Waals surface area contributed by atoms with Crippen LogP contribution >= 0.6 is 11.3 Å². The van der Waals surface area contributed by atoms with E-state index < -0.39 is 35.9 Å². The van der Waals surface area contributed by atoms with Crippen LogP contribution in [0.2, 0.25) is 0 Å². The Morgan fingerprint density at radius 1 is 1.27 bits per heavy atom. The lowest BCUT2D eigenvalue weighted by Crippen LogP contribution is -2.48. The Balaban J connectivity index is 1.82. The zero-order chi connectivity index (χ0) is 21.8. The maximum Gasteiger partial charge on any atom is 0.357 e. The van der Waals surface area contributed by atoms with E-state index in [1.807, 2.05) is 19.9 Å². The van der Waals surface area contributed by atoms with E-state index in [0.717, 1.165) is 16.2 Å². The molecule has 10 heteroatoms. The summed E-state index contributed by atoms with van der Waals surface area (Å²) in [6.45, 7) is 3.79. The molecule has 1 saturated heterocycles. The summed E-state index contributed by atoms with van der Waals surface area (Å²) in [7, 11) is 1.24. The highest BCUT2D eigenvalue weighted by molar-refractivity contribution is 7.14. The van der Waals surface area contributed by atoms with Crippen LogP contribution in [0.25, 0.3) is 0 Å². The molecular weight excluding hydrogens is 408 g/mol. The van der Waals surface area contributed by atoms with E-state index in [1.165, 1.54) is 12.5 Å². The zero-order valence-electron chi connectivity index (χ0n) is 16.7. The second kappa shape index (κ2) is 9.04. The maximum atomic E-state index is 13.0. The molecule has 2 N–H and O–H groups in total. The third-order valence-corrected chi connectivity index (χ3v) is 5.30. The predicted octanol–water partition coefficient (Wildman–Crippen LogP) is 2.58. The van der Waals surface area contributed by atoms with Crippen LogP contribution in [0.5, 0.6) is 0 Å². The molecule has 3 rings (SSSR count). The Hall–Kier alpha value is -3.27. The lowest BCUT2D eigenvalue weighted by Gasteiger charge is -2.25. The van der Waals surface area contributed by atoms with Crippen molar-refractivity contribution in [2.45, 2.75) is 32.4 Å². The van der Waals surface area contributed by atoms with E-state index in [4.69, 9.17) is 0 Å². The minimum atomic E-state index is -1.02. The van der Waals surface area contributed by atoms with Crippen LogP contribution in [0.15, 0.2) is 35.7 Å². The first kappa shape index (κ1) is 21.4. The molecule has 0 saturated carbocycles. The van der Waals surface area contributed by atoms with Gasteiger partial charge in [0.05, 0.1) is 7.11 Å². The first-order chi connectivity index (χ1) is 14.3. The largest absolute Gasteiger partial charge is 0.464 e. The van der Waals surface area contributed by atoms with Crippen LogP contribution in [-0.2, 0) is 14.3 Å². The second-order valence-electron chi connectivity index (χ2n) is 7.17. The number of methoxy groups -OCH3 is 1. The molecule has 0 aliphatic carbocycles. The van der Waals surface area contributed by atoms with Crippen LogP contribution < -0.4 is 10.6 Å². The lowest BCUT2D eigenvalue weighted by atomic mass is 10.0. The summed E-state index contributed by atoms with van der Waals surface area (Å²) in [6, 6.07) is 6.37. The normalized spacial score (nSPS) is 17.1. The van der Waals surface area contributed by atoms with E-state index in [-0.39, 0.29) is 23.2 Å². The summed E-state index contributed by atoms with van der Waals surface area (Å²) in [4.78, 5) is 55.2. The Kier molecular flexibility index (Phi) is 6.46. The predicted molar refractivity (Wildman–Crippen MR) is 110 cm³/mol. The van der Waals surface area contributed by atoms with Crippen LogP contribution in [0.4, 0.5) is 9.93 Å². The number of carbonyl (C=O) groups is 4. The van der Waals surface area contributed by atoms with Crippen LogP contribution in [0.1, 0.15) is 42.4 Å². The van der Waals surface area contributed by atoms with Gasteiger partial charge in [-0.25, -0.2) is 19.5 Å². The standard InChI is InChI=1S/C20H22N4O5S/c1-11(2)9-14(16(25)23-19-21-13(10-30-19)18(27)29-3)24-17(26)15(22-20(24)28)12-7-5-4-6-8-12/h4-8,10-11,14-15H,9H2,1-3H3,(H,22,28)(H,21,23,25)/t14-,15-/m0/s1.